The van der Waals surface area contributed by atoms with E-state index in [1.807, 2.05) is 4.57 Å². The third kappa shape index (κ3) is 4.54. The maximum absolute atomic E-state index is 13.5. The van der Waals surface area contributed by atoms with Crippen molar-refractivity contribution in [1.29, 1.82) is 0 Å². The van der Waals surface area contributed by atoms with Crippen molar-refractivity contribution < 1.29 is 22.7 Å². The molecule has 7 nitrogen and oxygen atoms in total. The molecule has 1 aliphatic carbocycles. The summed E-state index contributed by atoms with van der Waals surface area (Å²) in [5.41, 5.74) is -0.422. The van der Waals surface area contributed by atoms with Gasteiger partial charge in [-0.05, 0) is 49.2 Å². The molecule has 0 atom stereocenters. The molecule has 4 aromatic rings. The number of carbonyl (C=O) groups is 1. The summed E-state index contributed by atoms with van der Waals surface area (Å²) in [6, 6.07) is 8.69. The number of anilines is 1. The Morgan fingerprint density at radius 3 is 2.50 bits per heavy atom. The first kappa shape index (κ1) is 22.1. The van der Waals surface area contributed by atoms with E-state index in [1.165, 1.54) is 30.6 Å². The van der Waals surface area contributed by atoms with Crippen molar-refractivity contribution >= 4 is 34.2 Å². The first-order valence-corrected chi connectivity index (χ1v) is 10.7. The van der Waals surface area contributed by atoms with Crippen LogP contribution in [0.1, 0.15) is 29.2 Å². The van der Waals surface area contributed by atoms with Crippen molar-refractivity contribution in [2.75, 3.05) is 5.32 Å². The second-order valence-corrected chi connectivity index (χ2v) is 8.36. The molecule has 5 rings (SSSR count). The van der Waals surface area contributed by atoms with Gasteiger partial charge in [-0.25, -0.2) is 19.3 Å². The van der Waals surface area contributed by atoms with Crippen molar-refractivity contribution in [1.82, 2.24) is 19.5 Å². The topological polar surface area (TPSA) is 81.9 Å². The minimum absolute atomic E-state index is 0.0100. The molecule has 1 fully saturated rings. The van der Waals surface area contributed by atoms with Gasteiger partial charge in [-0.15, -0.1) is 8.78 Å². The molecule has 0 aliphatic heterocycles. The SMILES string of the molecule is O=C(Nc1ccc(OC(F)(F)Cl)cc1)c1cc(-c2cncnc2)c2c(c1)ncn2[C@H]1C[C@@H](F)C1. The predicted molar refractivity (Wildman–Crippen MR) is 120 cm³/mol. The van der Waals surface area contributed by atoms with Crippen LogP contribution in [-0.2, 0) is 0 Å². The Hall–Kier alpha value is -3.66. The molecular formula is C23H17ClF3N5O2. The molecule has 1 N–H and O–H groups in total. The van der Waals surface area contributed by atoms with E-state index in [1.54, 1.807) is 30.9 Å². The second-order valence-electron chi connectivity index (χ2n) is 7.92. The van der Waals surface area contributed by atoms with Crippen LogP contribution in [0.2, 0.25) is 0 Å². The zero-order chi connectivity index (χ0) is 23.9. The molecule has 0 spiro atoms. The predicted octanol–water partition coefficient (Wildman–Crippen LogP) is 5.59. The Morgan fingerprint density at radius 1 is 1.15 bits per heavy atom. The van der Waals surface area contributed by atoms with Gasteiger partial charge in [0, 0.05) is 52.4 Å². The lowest BCUT2D eigenvalue weighted by atomic mass is 9.90. The summed E-state index contributed by atoms with van der Waals surface area (Å²) in [5, 5.41) is 2.72. The fourth-order valence-electron chi connectivity index (χ4n) is 3.93. The third-order valence-corrected chi connectivity index (χ3v) is 5.67. The standard InChI is InChI=1S/C23H17ClF3N5O2/c24-23(26,27)34-18-3-1-16(2-4-18)31-22(33)13-5-19(14-9-28-11-29-10-14)21-20(6-13)30-12-32(21)17-7-15(25)8-17/h1-6,9-12,15,17H,7-8H2,(H,31,33)/t15-,17+. The summed E-state index contributed by atoms with van der Waals surface area (Å²) in [6.07, 6.45) is 6.31. The van der Waals surface area contributed by atoms with E-state index >= 15 is 0 Å². The summed E-state index contributed by atoms with van der Waals surface area (Å²) in [4.78, 5) is 25.6. The van der Waals surface area contributed by atoms with Gasteiger partial charge in [0.05, 0.1) is 17.4 Å². The lowest BCUT2D eigenvalue weighted by Gasteiger charge is -2.31. The number of hydrogen-bond acceptors (Lipinski definition) is 5. The van der Waals surface area contributed by atoms with Crippen molar-refractivity contribution in [3.8, 4) is 16.9 Å². The van der Waals surface area contributed by atoms with Crippen LogP contribution in [0.15, 0.2) is 61.4 Å². The van der Waals surface area contributed by atoms with E-state index in [0.717, 1.165) is 5.52 Å². The van der Waals surface area contributed by atoms with E-state index in [0.29, 0.717) is 40.7 Å². The molecule has 1 amide bonds. The zero-order valence-corrected chi connectivity index (χ0v) is 18.2. The minimum atomic E-state index is -3.83. The minimum Gasteiger partial charge on any atom is -0.420 e. The summed E-state index contributed by atoms with van der Waals surface area (Å²) in [5.74, 6) is -0.582. The summed E-state index contributed by atoms with van der Waals surface area (Å²) in [7, 11) is 0. The van der Waals surface area contributed by atoms with Crippen LogP contribution in [0.3, 0.4) is 0 Å². The number of hydrogen-bond donors (Lipinski definition) is 1. The fraction of sp³-hybridized carbons (Fsp3) is 0.217. The van der Waals surface area contributed by atoms with Gasteiger partial charge >= 0.3 is 5.57 Å². The van der Waals surface area contributed by atoms with Crippen molar-refractivity contribution in [3.05, 3.63) is 67.0 Å². The number of alkyl halides is 4. The summed E-state index contributed by atoms with van der Waals surface area (Å²) >= 11 is 4.77. The number of fused-ring (bicyclic) bond motifs is 1. The van der Waals surface area contributed by atoms with Crippen LogP contribution in [0.25, 0.3) is 22.2 Å². The maximum Gasteiger partial charge on any atom is 0.487 e. The highest BCUT2D eigenvalue weighted by Gasteiger charge is 2.32. The number of carbonyl (C=O) groups excluding carboxylic acids is 1. The van der Waals surface area contributed by atoms with Crippen LogP contribution in [0.5, 0.6) is 5.75 Å². The normalized spacial score (nSPS) is 17.9. The fourth-order valence-corrected chi connectivity index (χ4v) is 4.02. The van der Waals surface area contributed by atoms with Crippen LogP contribution in [0.4, 0.5) is 18.9 Å². The smallest absolute Gasteiger partial charge is 0.420 e. The average Bonchev–Trinajstić information content (AvgIpc) is 3.21. The molecule has 0 radical (unpaired) electrons. The van der Waals surface area contributed by atoms with Crippen molar-refractivity contribution in [3.63, 3.8) is 0 Å². The molecule has 2 aromatic carbocycles. The van der Waals surface area contributed by atoms with E-state index in [2.05, 4.69) is 25.0 Å². The van der Waals surface area contributed by atoms with E-state index < -0.39 is 17.6 Å². The van der Waals surface area contributed by atoms with E-state index in [-0.39, 0.29) is 11.8 Å². The highest BCUT2D eigenvalue weighted by atomic mass is 35.5. The van der Waals surface area contributed by atoms with Gasteiger partial charge in [-0.2, -0.15) is 0 Å². The van der Waals surface area contributed by atoms with Crippen LogP contribution in [-0.4, -0.2) is 37.2 Å². The lowest BCUT2D eigenvalue weighted by molar-refractivity contribution is -0.0964. The van der Waals surface area contributed by atoms with Gasteiger partial charge in [-0.1, -0.05) is 0 Å². The number of benzene rings is 2. The van der Waals surface area contributed by atoms with Gasteiger partial charge in [0.2, 0.25) is 0 Å². The molecule has 1 aliphatic rings. The van der Waals surface area contributed by atoms with Gasteiger partial charge in [0.15, 0.2) is 0 Å². The first-order valence-electron chi connectivity index (χ1n) is 10.3. The maximum atomic E-state index is 13.5. The van der Waals surface area contributed by atoms with Crippen LogP contribution in [0, 0.1) is 0 Å². The molecule has 0 saturated heterocycles. The Kier molecular flexibility index (Phi) is 5.60. The molecule has 2 aromatic heterocycles. The zero-order valence-electron chi connectivity index (χ0n) is 17.5. The Labute approximate surface area is 196 Å². The molecule has 174 valence electrons. The number of ether oxygens (including phenoxy) is 1. The van der Waals surface area contributed by atoms with E-state index in [9.17, 15) is 18.0 Å². The monoisotopic (exact) mass is 487 g/mol. The molecule has 0 bridgehead atoms. The molecule has 0 unspecified atom stereocenters. The number of amides is 1. The number of rotatable bonds is 6. The van der Waals surface area contributed by atoms with Crippen LogP contribution >= 0.6 is 11.6 Å². The lowest BCUT2D eigenvalue weighted by Crippen LogP contribution is -2.27. The molecule has 11 heteroatoms. The largest absolute Gasteiger partial charge is 0.487 e. The number of nitrogens with one attached hydrogen (secondary N) is 1. The second kappa shape index (κ2) is 8.60. The van der Waals surface area contributed by atoms with Gasteiger partial charge in [0.1, 0.15) is 18.2 Å². The number of nitrogens with zero attached hydrogens (tertiary/aromatic N) is 4. The highest BCUT2D eigenvalue weighted by molar-refractivity contribution is 6.20. The van der Waals surface area contributed by atoms with Crippen molar-refractivity contribution in [2.45, 2.75) is 30.6 Å². The molecule has 1 saturated carbocycles. The quantitative estimate of drug-likeness (QED) is 0.359. The molecular weight excluding hydrogens is 471 g/mol. The molecule has 2 heterocycles. The van der Waals surface area contributed by atoms with Crippen LogP contribution < -0.4 is 10.1 Å². The number of imidazole rings is 1. The van der Waals surface area contributed by atoms with Gasteiger partial charge in [-0.3, -0.25) is 4.79 Å². The number of aromatic nitrogens is 4. The van der Waals surface area contributed by atoms with E-state index in [4.69, 9.17) is 11.6 Å². The van der Waals surface area contributed by atoms with Crippen molar-refractivity contribution in [2.24, 2.45) is 0 Å². The summed E-state index contributed by atoms with van der Waals surface area (Å²) in [6.45, 7) is 0. The Bertz CT molecular complexity index is 1340. The molecule has 34 heavy (non-hydrogen) atoms. The number of halogens is 4. The van der Waals surface area contributed by atoms with Gasteiger partial charge < -0.3 is 14.6 Å². The Morgan fingerprint density at radius 2 is 1.85 bits per heavy atom. The van der Waals surface area contributed by atoms with Gasteiger partial charge in [0.25, 0.3) is 5.91 Å². The Balaban J connectivity index is 1.47. The summed E-state index contributed by atoms with van der Waals surface area (Å²) < 4.78 is 45.3. The third-order valence-electron chi connectivity index (χ3n) is 5.60. The first-order chi connectivity index (χ1) is 16.3. The average molecular weight is 488 g/mol. The highest BCUT2D eigenvalue weighted by Crippen LogP contribution is 2.39.